The molecule has 0 spiro atoms. The number of hydrogen-bond donors (Lipinski definition) is 1. The summed E-state index contributed by atoms with van der Waals surface area (Å²) in [4.78, 5) is 11.6. The smallest absolute Gasteiger partial charge is 0.147 e. The van der Waals surface area contributed by atoms with E-state index >= 15 is 0 Å². The van der Waals surface area contributed by atoms with E-state index in [1.165, 1.54) is 6.04 Å². The van der Waals surface area contributed by atoms with Gasteiger partial charge in [0.05, 0.1) is 30.7 Å². The fraction of sp³-hybridized carbons (Fsp3) is 0.667. The van der Waals surface area contributed by atoms with Crippen LogP contribution in [0.15, 0.2) is 18.6 Å². The van der Waals surface area contributed by atoms with Crippen molar-refractivity contribution in [2.75, 3.05) is 37.8 Å². The van der Waals surface area contributed by atoms with Crippen LogP contribution < -0.4 is 10.2 Å². The van der Waals surface area contributed by atoms with Crippen molar-refractivity contribution in [1.29, 1.82) is 0 Å². The second-order valence-corrected chi connectivity index (χ2v) is 14.1. The van der Waals surface area contributed by atoms with Crippen molar-refractivity contribution >= 4 is 24.9 Å². The largest absolute Gasteiger partial charge is 0.377 e. The van der Waals surface area contributed by atoms with Gasteiger partial charge in [0, 0.05) is 34.0 Å². The van der Waals surface area contributed by atoms with Crippen LogP contribution in [0.2, 0.25) is 25.7 Å². The molecule has 2 aliphatic heterocycles. The van der Waals surface area contributed by atoms with Gasteiger partial charge < -0.3 is 24.3 Å². The highest BCUT2D eigenvalue weighted by molar-refractivity contribution is 6.76. The SMILES string of the molecule is C[Si](C)(C)CCOCn1ccc2c(N3C4CNCC3COC4)ncnc21. The third-order valence-electron chi connectivity index (χ3n) is 5.17. The third kappa shape index (κ3) is 3.64. The number of aromatic nitrogens is 3. The molecule has 2 fully saturated rings. The Hall–Kier alpha value is -1.48. The standard InChI is InChI=1S/C18H29N5O2Si/c1-26(2,3)7-6-24-13-22-5-4-16-17(22)20-12-21-18(16)23-14-8-19-9-15(23)11-25-10-14/h4-5,12,14-15,19H,6-11,13H2,1-3H3. The summed E-state index contributed by atoms with van der Waals surface area (Å²) in [6.45, 7) is 11.8. The van der Waals surface area contributed by atoms with Gasteiger partial charge in [0.25, 0.3) is 0 Å². The highest BCUT2D eigenvalue weighted by Gasteiger charge is 2.36. The minimum absolute atomic E-state index is 0.331. The molecule has 26 heavy (non-hydrogen) atoms. The van der Waals surface area contributed by atoms with Crippen LogP contribution >= 0.6 is 0 Å². The Kier molecular flexibility index (Phi) is 5.00. The highest BCUT2D eigenvalue weighted by atomic mass is 28.3. The molecule has 0 amide bonds. The molecule has 2 unspecified atom stereocenters. The Bertz CT molecular complexity index is 738. The number of morpholine rings is 1. The highest BCUT2D eigenvalue weighted by Crippen LogP contribution is 2.30. The maximum absolute atomic E-state index is 5.92. The van der Waals surface area contributed by atoms with E-state index in [1.54, 1.807) is 6.33 Å². The van der Waals surface area contributed by atoms with Crippen molar-refractivity contribution in [2.24, 2.45) is 0 Å². The molecule has 2 aliphatic rings. The van der Waals surface area contributed by atoms with E-state index in [4.69, 9.17) is 9.47 Å². The molecule has 2 bridgehead atoms. The quantitative estimate of drug-likeness (QED) is 0.615. The normalized spacial score (nSPS) is 23.6. The molecule has 8 heteroatoms. The molecule has 1 N–H and O–H groups in total. The van der Waals surface area contributed by atoms with Crippen molar-refractivity contribution < 1.29 is 9.47 Å². The van der Waals surface area contributed by atoms with Crippen LogP contribution in [0.4, 0.5) is 5.82 Å². The fourth-order valence-corrected chi connectivity index (χ4v) is 4.47. The van der Waals surface area contributed by atoms with Crippen LogP contribution in [0.5, 0.6) is 0 Å². The Labute approximate surface area is 155 Å². The lowest BCUT2D eigenvalue weighted by atomic mass is 10.1. The monoisotopic (exact) mass is 375 g/mol. The van der Waals surface area contributed by atoms with Crippen molar-refractivity contribution in [3.8, 4) is 0 Å². The van der Waals surface area contributed by atoms with Gasteiger partial charge in [-0.1, -0.05) is 19.6 Å². The average molecular weight is 376 g/mol. The van der Waals surface area contributed by atoms with Gasteiger partial charge >= 0.3 is 0 Å². The maximum atomic E-state index is 5.92. The van der Waals surface area contributed by atoms with E-state index < -0.39 is 8.07 Å². The lowest BCUT2D eigenvalue weighted by molar-refractivity contribution is 0.0524. The second-order valence-electron chi connectivity index (χ2n) is 8.48. The first-order valence-electron chi connectivity index (χ1n) is 9.47. The minimum atomic E-state index is -1.06. The molecular weight excluding hydrogens is 346 g/mol. The van der Waals surface area contributed by atoms with Crippen molar-refractivity contribution in [1.82, 2.24) is 19.9 Å². The Balaban J connectivity index is 1.54. The first-order valence-corrected chi connectivity index (χ1v) is 13.2. The number of hydrogen-bond acceptors (Lipinski definition) is 6. The number of fused-ring (bicyclic) bond motifs is 3. The number of piperazine rings is 1. The maximum Gasteiger partial charge on any atom is 0.147 e. The Morgan fingerprint density at radius 2 is 2.00 bits per heavy atom. The summed E-state index contributed by atoms with van der Waals surface area (Å²) in [5, 5.41) is 4.60. The van der Waals surface area contributed by atoms with Gasteiger partial charge in [-0.25, -0.2) is 9.97 Å². The van der Waals surface area contributed by atoms with E-state index in [1.807, 2.05) is 0 Å². The molecule has 0 aliphatic carbocycles. The molecule has 142 valence electrons. The molecule has 2 saturated heterocycles. The molecule has 2 aromatic heterocycles. The van der Waals surface area contributed by atoms with E-state index in [2.05, 4.69) is 56.7 Å². The zero-order valence-electron chi connectivity index (χ0n) is 15.9. The molecule has 4 rings (SSSR count). The van der Waals surface area contributed by atoms with Gasteiger partial charge in [0.15, 0.2) is 0 Å². The fourth-order valence-electron chi connectivity index (χ4n) is 3.72. The van der Waals surface area contributed by atoms with Crippen LogP contribution in [-0.2, 0) is 16.2 Å². The molecule has 0 radical (unpaired) electrons. The molecule has 2 aromatic rings. The van der Waals surface area contributed by atoms with Crippen molar-refractivity contribution in [2.45, 2.75) is 44.5 Å². The topological polar surface area (TPSA) is 64.4 Å². The van der Waals surface area contributed by atoms with Crippen molar-refractivity contribution in [3.05, 3.63) is 18.6 Å². The Morgan fingerprint density at radius 1 is 1.23 bits per heavy atom. The first-order chi connectivity index (χ1) is 12.5. The van der Waals surface area contributed by atoms with Crippen molar-refractivity contribution in [3.63, 3.8) is 0 Å². The third-order valence-corrected chi connectivity index (χ3v) is 6.88. The van der Waals surface area contributed by atoms with E-state index in [-0.39, 0.29) is 0 Å². The average Bonchev–Trinajstić information content (AvgIpc) is 3.00. The summed E-state index contributed by atoms with van der Waals surface area (Å²) in [5.74, 6) is 1.02. The predicted molar refractivity (Wildman–Crippen MR) is 105 cm³/mol. The molecule has 4 heterocycles. The molecule has 0 saturated carbocycles. The predicted octanol–water partition coefficient (Wildman–Crippen LogP) is 1.92. The number of ether oxygens (including phenoxy) is 2. The number of nitrogens with one attached hydrogen (secondary N) is 1. The lowest BCUT2D eigenvalue weighted by Crippen LogP contribution is -2.64. The molecular formula is C18H29N5O2Si. The van der Waals surface area contributed by atoms with Crippen LogP contribution in [-0.4, -0.2) is 67.6 Å². The van der Waals surface area contributed by atoms with Gasteiger partial charge in [0.2, 0.25) is 0 Å². The summed E-state index contributed by atoms with van der Waals surface area (Å²) < 4.78 is 13.7. The summed E-state index contributed by atoms with van der Waals surface area (Å²) >= 11 is 0. The van der Waals surface area contributed by atoms with E-state index in [0.29, 0.717) is 18.8 Å². The summed E-state index contributed by atoms with van der Waals surface area (Å²) in [5.41, 5.74) is 0.945. The number of rotatable bonds is 6. The minimum Gasteiger partial charge on any atom is -0.377 e. The zero-order chi connectivity index (χ0) is 18.1. The Morgan fingerprint density at radius 3 is 2.73 bits per heavy atom. The zero-order valence-corrected chi connectivity index (χ0v) is 16.9. The van der Waals surface area contributed by atoms with Crippen LogP contribution in [0.1, 0.15) is 0 Å². The summed E-state index contributed by atoms with van der Waals surface area (Å²) in [6.07, 6.45) is 3.74. The van der Waals surface area contributed by atoms with Gasteiger partial charge in [-0.3, -0.25) is 0 Å². The second kappa shape index (κ2) is 7.26. The lowest BCUT2D eigenvalue weighted by Gasteiger charge is -2.46. The van der Waals surface area contributed by atoms with E-state index in [9.17, 15) is 0 Å². The summed E-state index contributed by atoms with van der Waals surface area (Å²) in [7, 11) is -1.06. The van der Waals surface area contributed by atoms with Crippen LogP contribution in [0, 0.1) is 0 Å². The number of anilines is 1. The van der Waals surface area contributed by atoms with Gasteiger partial charge in [-0.2, -0.15) is 0 Å². The van der Waals surface area contributed by atoms with Gasteiger partial charge in [-0.15, -0.1) is 0 Å². The van der Waals surface area contributed by atoms with Gasteiger partial charge in [0.1, 0.15) is 24.5 Å². The van der Waals surface area contributed by atoms with Crippen LogP contribution in [0.25, 0.3) is 11.0 Å². The molecule has 7 nitrogen and oxygen atoms in total. The van der Waals surface area contributed by atoms with Gasteiger partial charge in [-0.05, 0) is 12.1 Å². The molecule has 2 atom stereocenters. The number of nitrogens with zero attached hydrogens (tertiary/aromatic N) is 4. The summed E-state index contributed by atoms with van der Waals surface area (Å²) in [6, 6.07) is 3.95. The molecule has 0 aromatic carbocycles. The van der Waals surface area contributed by atoms with E-state index in [0.717, 1.165) is 49.8 Å². The van der Waals surface area contributed by atoms with Crippen LogP contribution in [0.3, 0.4) is 0 Å². The first kappa shape index (κ1) is 17.9.